The summed E-state index contributed by atoms with van der Waals surface area (Å²) in [5, 5.41) is 12.9. The van der Waals surface area contributed by atoms with Crippen molar-refractivity contribution in [3.63, 3.8) is 0 Å². The summed E-state index contributed by atoms with van der Waals surface area (Å²) in [5.41, 5.74) is 4.00. The molecule has 3 nitrogen and oxygen atoms in total. The summed E-state index contributed by atoms with van der Waals surface area (Å²) in [6.45, 7) is 3.38. The van der Waals surface area contributed by atoms with E-state index >= 15 is 0 Å². The zero-order valence-corrected chi connectivity index (χ0v) is 11.1. The lowest BCUT2D eigenvalue weighted by Crippen LogP contribution is -2.04. The fraction of sp³-hybridized carbons (Fsp3) is 0.188. The molecule has 0 saturated carbocycles. The van der Waals surface area contributed by atoms with Crippen LogP contribution in [-0.4, -0.2) is 17.1 Å². The standard InChI is InChI=1S/C16H17NO2/c1-12(17-19-13(2)18)15-9-6-10-16(11-15)14-7-4-3-5-8-14/h3-11,13,18H,1-2H3. The molecule has 0 aliphatic heterocycles. The fourth-order valence-corrected chi connectivity index (χ4v) is 1.76. The van der Waals surface area contributed by atoms with Crippen LogP contribution in [0.3, 0.4) is 0 Å². The Morgan fingerprint density at radius 1 is 1.05 bits per heavy atom. The van der Waals surface area contributed by atoms with Crippen LogP contribution in [0.4, 0.5) is 0 Å². The first-order valence-corrected chi connectivity index (χ1v) is 6.21. The van der Waals surface area contributed by atoms with Crippen molar-refractivity contribution in [1.82, 2.24) is 0 Å². The van der Waals surface area contributed by atoms with Gasteiger partial charge in [0.15, 0.2) is 0 Å². The van der Waals surface area contributed by atoms with Crippen LogP contribution in [0.15, 0.2) is 59.8 Å². The zero-order chi connectivity index (χ0) is 13.7. The van der Waals surface area contributed by atoms with Crippen molar-refractivity contribution in [3.05, 3.63) is 60.2 Å². The lowest BCUT2D eigenvalue weighted by molar-refractivity contribution is -0.0836. The number of hydrogen-bond acceptors (Lipinski definition) is 3. The Labute approximate surface area is 113 Å². The maximum Gasteiger partial charge on any atom is 0.221 e. The van der Waals surface area contributed by atoms with E-state index in [1.807, 2.05) is 37.3 Å². The Morgan fingerprint density at radius 2 is 1.74 bits per heavy atom. The summed E-state index contributed by atoms with van der Waals surface area (Å²) in [4.78, 5) is 4.85. The summed E-state index contributed by atoms with van der Waals surface area (Å²) < 4.78 is 0. The van der Waals surface area contributed by atoms with Crippen molar-refractivity contribution in [2.75, 3.05) is 0 Å². The number of oxime groups is 1. The summed E-state index contributed by atoms with van der Waals surface area (Å²) in [5.74, 6) is 0. The van der Waals surface area contributed by atoms with E-state index in [4.69, 9.17) is 9.94 Å². The smallest absolute Gasteiger partial charge is 0.221 e. The molecule has 0 aliphatic carbocycles. The van der Waals surface area contributed by atoms with Crippen LogP contribution in [0.25, 0.3) is 11.1 Å². The second-order valence-electron chi connectivity index (χ2n) is 4.33. The second-order valence-corrected chi connectivity index (χ2v) is 4.33. The SMILES string of the molecule is CC(=NOC(C)O)c1cccc(-c2ccccc2)c1. The molecule has 1 N–H and O–H groups in total. The number of benzene rings is 2. The Balaban J connectivity index is 2.27. The first-order chi connectivity index (χ1) is 9.16. The molecule has 19 heavy (non-hydrogen) atoms. The van der Waals surface area contributed by atoms with Gasteiger partial charge in [-0.2, -0.15) is 0 Å². The van der Waals surface area contributed by atoms with E-state index in [1.165, 1.54) is 6.92 Å². The quantitative estimate of drug-likeness (QED) is 0.516. The molecule has 1 atom stereocenters. The highest BCUT2D eigenvalue weighted by atomic mass is 16.7. The Kier molecular flexibility index (Phi) is 4.31. The van der Waals surface area contributed by atoms with E-state index in [1.54, 1.807) is 0 Å². The third-order valence-electron chi connectivity index (χ3n) is 2.73. The number of rotatable bonds is 4. The van der Waals surface area contributed by atoms with Crippen LogP contribution >= 0.6 is 0 Å². The van der Waals surface area contributed by atoms with Gasteiger partial charge in [-0.3, -0.25) is 0 Å². The first kappa shape index (κ1) is 13.3. The van der Waals surface area contributed by atoms with Crippen LogP contribution in [-0.2, 0) is 4.84 Å². The summed E-state index contributed by atoms with van der Waals surface area (Å²) in [6, 6.07) is 18.2. The second kappa shape index (κ2) is 6.16. The summed E-state index contributed by atoms with van der Waals surface area (Å²) in [6.07, 6.45) is -0.896. The van der Waals surface area contributed by atoms with Crippen LogP contribution in [0.2, 0.25) is 0 Å². The maximum atomic E-state index is 9.05. The highest BCUT2D eigenvalue weighted by Gasteiger charge is 2.02. The highest BCUT2D eigenvalue weighted by Crippen LogP contribution is 2.20. The van der Waals surface area contributed by atoms with E-state index in [2.05, 4.69) is 29.4 Å². The van der Waals surface area contributed by atoms with Crippen molar-refractivity contribution in [1.29, 1.82) is 0 Å². The minimum Gasteiger partial charge on any atom is -0.364 e. The zero-order valence-electron chi connectivity index (χ0n) is 11.1. The Bertz CT molecular complexity index is 562. The molecule has 98 valence electrons. The molecule has 1 unspecified atom stereocenters. The third-order valence-corrected chi connectivity index (χ3v) is 2.73. The molecule has 0 amide bonds. The maximum absolute atomic E-state index is 9.05. The van der Waals surface area contributed by atoms with Gasteiger partial charge in [0.1, 0.15) is 0 Å². The van der Waals surface area contributed by atoms with Crippen LogP contribution < -0.4 is 0 Å². The number of aliphatic hydroxyl groups is 1. The Morgan fingerprint density at radius 3 is 2.42 bits per heavy atom. The lowest BCUT2D eigenvalue weighted by Gasteiger charge is -2.06. The van der Waals surface area contributed by atoms with E-state index in [-0.39, 0.29) is 0 Å². The topological polar surface area (TPSA) is 41.8 Å². The molecule has 0 radical (unpaired) electrons. The minimum absolute atomic E-state index is 0.735. The fourth-order valence-electron chi connectivity index (χ4n) is 1.76. The average molecular weight is 255 g/mol. The molecule has 2 rings (SSSR count). The van der Waals surface area contributed by atoms with Gasteiger partial charge in [0.2, 0.25) is 6.29 Å². The van der Waals surface area contributed by atoms with Crippen molar-refractivity contribution in [2.24, 2.45) is 5.16 Å². The molecule has 0 aromatic heterocycles. The minimum atomic E-state index is -0.896. The molecular weight excluding hydrogens is 238 g/mol. The number of nitrogens with zero attached hydrogens (tertiary/aromatic N) is 1. The van der Waals surface area contributed by atoms with Crippen molar-refractivity contribution >= 4 is 5.71 Å². The van der Waals surface area contributed by atoms with Crippen LogP contribution in [0.1, 0.15) is 19.4 Å². The molecule has 0 aliphatic rings. The molecule has 0 saturated heterocycles. The summed E-state index contributed by atoms with van der Waals surface area (Å²) >= 11 is 0. The molecule has 2 aromatic rings. The van der Waals surface area contributed by atoms with Gasteiger partial charge in [-0.05, 0) is 29.7 Å². The Hall–Kier alpha value is -2.13. The number of hydrogen-bond donors (Lipinski definition) is 1. The van der Waals surface area contributed by atoms with Crippen molar-refractivity contribution in [3.8, 4) is 11.1 Å². The normalized spacial score (nSPS) is 13.1. The first-order valence-electron chi connectivity index (χ1n) is 6.21. The lowest BCUT2D eigenvalue weighted by atomic mass is 10.0. The molecule has 0 heterocycles. The largest absolute Gasteiger partial charge is 0.364 e. The monoisotopic (exact) mass is 255 g/mol. The highest BCUT2D eigenvalue weighted by molar-refractivity contribution is 5.99. The van der Waals surface area contributed by atoms with E-state index in [0.29, 0.717) is 0 Å². The molecule has 2 aromatic carbocycles. The average Bonchev–Trinajstić information content (AvgIpc) is 2.46. The van der Waals surface area contributed by atoms with Crippen molar-refractivity contribution in [2.45, 2.75) is 20.1 Å². The summed E-state index contributed by atoms with van der Waals surface area (Å²) in [7, 11) is 0. The molecule has 0 spiro atoms. The molecule has 0 fully saturated rings. The van der Waals surface area contributed by atoms with Gasteiger partial charge in [-0.15, -0.1) is 0 Å². The van der Waals surface area contributed by atoms with Gasteiger partial charge in [0, 0.05) is 6.92 Å². The predicted molar refractivity (Wildman–Crippen MR) is 76.9 cm³/mol. The van der Waals surface area contributed by atoms with E-state index in [0.717, 1.165) is 22.4 Å². The predicted octanol–water partition coefficient (Wildman–Crippen LogP) is 3.43. The molecular formula is C16H17NO2. The van der Waals surface area contributed by atoms with E-state index < -0.39 is 6.29 Å². The molecule has 3 heteroatoms. The van der Waals surface area contributed by atoms with Gasteiger partial charge < -0.3 is 9.94 Å². The van der Waals surface area contributed by atoms with Crippen molar-refractivity contribution < 1.29 is 9.94 Å². The number of aliphatic hydroxyl groups excluding tert-OH is 1. The van der Waals surface area contributed by atoms with E-state index in [9.17, 15) is 0 Å². The van der Waals surface area contributed by atoms with Gasteiger partial charge in [-0.25, -0.2) is 0 Å². The molecule has 0 bridgehead atoms. The third kappa shape index (κ3) is 3.66. The van der Waals surface area contributed by atoms with Gasteiger partial charge >= 0.3 is 0 Å². The van der Waals surface area contributed by atoms with Gasteiger partial charge in [0.05, 0.1) is 5.71 Å². The van der Waals surface area contributed by atoms with Gasteiger partial charge in [-0.1, -0.05) is 53.7 Å². The van der Waals surface area contributed by atoms with Crippen LogP contribution in [0.5, 0.6) is 0 Å². The van der Waals surface area contributed by atoms with Gasteiger partial charge in [0.25, 0.3) is 0 Å². The van der Waals surface area contributed by atoms with Crippen LogP contribution in [0, 0.1) is 0 Å².